The van der Waals surface area contributed by atoms with Gasteiger partial charge >= 0.3 is 0 Å². The van der Waals surface area contributed by atoms with Crippen molar-refractivity contribution in [3.8, 4) is 0 Å². The van der Waals surface area contributed by atoms with Gasteiger partial charge in [-0.3, -0.25) is 14.6 Å². The van der Waals surface area contributed by atoms with E-state index in [2.05, 4.69) is 9.97 Å². The van der Waals surface area contributed by atoms with Gasteiger partial charge in [0.2, 0.25) is 11.8 Å². The number of pyridine rings is 2. The van der Waals surface area contributed by atoms with Gasteiger partial charge in [-0.2, -0.15) is 0 Å². The Kier molecular flexibility index (Phi) is 8.68. The predicted molar refractivity (Wildman–Crippen MR) is 119 cm³/mol. The monoisotopic (exact) mass is 426 g/mol. The summed E-state index contributed by atoms with van der Waals surface area (Å²) in [6, 6.07) is 11.6. The molecule has 2 amide bonds. The van der Waals surface area contributed by atoms with Crippen molar-refractivity contribution in [2.24, 2.45) is 5.92 Å². The van der Waals surface area contributed by atoms with Crippen LogP contribution < -0.4 is 0 Å². The molecule has 0 aromatic carbocycles. The molecular formula is C23H30N4O2S. The number of amides is 2. The lowest BCUT2D eigenvalue weighted by Gasteiger charge is -2.33. The quantitative estimate of drug-likeness (QED) is 0.576. The van der Waals surface area contributed by atoms with Crippen LogP contribution in [0.15, 0.2) is 53.8 Å². The number of likely N-dealkylation sites (tertiary alicyclic amines) is 1. The van der Waals surface area contributed by atoms with Crippen LogP contribution in [0.2, 0.25) is 0 Å². The minimum Gasteiger partial charge on any atom is -0.345 e. The highest BCUT2D eigenvalue weighted by Crippen LogP contribution is 2.23. The van der Waals surface area contributed by atoms with Crippen molar-refractivity contribution in [1.29, 1.82) is 0 Å². The molecule has 6 nitrogen and oxygen atoms in total. The van der Waals surface area contributed by atoms with Crippen LogP contribution in [-0.2, 0) is 16.0 Å². The minimum atomic E-state index is 0.161. The molecule has 1 atom stereocenters. The van der Waals surface area contributed by atoms with Crippen molar-refractivity contribution in [3.05, 3.63) is 54.5 Å². The summed E-state index contributed by atoms with van der Waals surface area (Å²) in [6.07, 6.45) is 7.76. The average molecular weight is 427 g/mol. The lowest BCUT2D eigenvalue weighted by Crippen LogP contribution is -2.41. The Morgan fingerprint density at radius 1 is 1.17 bits per heavy atom. The first-order valence-corrected chi connectivity index (χ1v) is 11.6. The summed E-state index contributed by atoms with van der Waals surface area (Å²) in [4.78, 5) is 37.4. The summed E-state index contributed by atoms with van der Waals surface area (Å²) in [5.41, 5.74) is 1.00. The number of carbonyl (C=O) groups excluding carboxylic acids is 2. The van der Waals surface area contributed by atoms with Gasteiger partial charge < -0.3 is 9.80 Å². The van der Waals surface area contributed by atoms with Crippen LogP contribution >= 0.6 is 11.8 Å². The fraction of sp³-hybridized carbons (Fsp3) is 0.478. The third-order valence-electron chi connectivity index (χ3n) is 5.47. The maximum absolute atomic E-state index is 12.6. The Morgan fingerprint density at radius 3 is 2.70 bits per heavy atom. The fourth-order valence-electron chi connectivity index (χ4n) is 3.66. The van der Waals surface area contributed by atoms with E-state index in [0.717, 1.165) is 49.5 Å². The highest BCUT2D eigenvalue weighted by atomic mass is 32.2. The first-order valence-electron chi connectivity index (χ1n) is 10.6. The number of hydrogen-bond acceptors (Lipinski definition) is 5. The van der Waals surface area contributed by atoms with Gasteiger partial charge in [0.1, 0.15) is 0 Å². The minimum absolute atomic E-state index is 0.161. The van der Waals surface area contributed by atoms with Crippen LogP contribution in [0.3, 0.4) is 0 Å². The van der Waals surface area contributed by atoms with E-state index >= 15 is 0 Å². The smallest absolute Gasteiger partial charge is 0.232 e. The van der Waals surface area contributed by atoms with Gasteiger partial charge in [0.25, 0.3) is 0 Å². The lowest BCUT2D eigenvalue weighted by atomic mass is 9.93. The largest absolute Gasteiger partial charge is 0.345 e. The van der Waals surface area contributed by atoms with Crippen LogP contribution in [0.1, 0.15) is 31.4 Å². The van der Waals surface area contributed by atoms with Gasteiger partial charge in [-0.15, -0.1) is 0 Å². The zero-order valence-corrected chi connectivity index (χ0v) is 18.4. The molecule has 1 aliphatic rings. The topological polar surface area (TPSA) is 66.4 Å². The number of hydrogen-bond donors (Lipinski definition) is 0. The molecule has 0 spiro atoms. The lowest BCUT2D eigenvalue weighted by molar-refractivity contribution is -0.130. The predicted octanol–water partition coefficient (Wildman–Crippen LogP) is 3.29. The third-order valence-corrected chi connectivity index (χ3v) is 6.40. The Labute approximate surface area is 183 Å². The molecule has 0 radical (unpaired) electrons. The van der Waals surface area contributed by atoms with E-state index in [9.17, 15) is 9.59 Å². The summed E-state index contributed by atoms with van der Waals surface area (Å²) in [5.74, 6) is 1.14. The number of piperidine rings is 1. The van der Waals surface area contributed by atoms with Gasteiger partial charge in [-0.1, -0.05) is 23.9 Å². The SMILES string of the molecule is CN(CCc1ccccn1)C(=O)CCC1CCCN(C(=O)CSc2ccccn2)C1. The molecule has 0 N–H and O–H groups in total. The number of aromatic nitrogens is 2. The summed E-state index contributed by atoms with van der Waals surface area (Å²) in [5, 5.41) is 0.874. The van der Waals surface area contributed by atoms with Crippen LogP contribution in [0.4, 0.5) is 0 Å². The zero-order chi connectivity index (χ0) is 21.2. The molecule has 0 saturated carbocycles. The number of carbonyl (C=O) groups is 2. The summed E-state index contributed by atoms with van der Waals surface area (Å²) < 4.78 is 0. The van der Waals surface area contributed by atoms with Gasteiger partial charge in [-0.25, -0.2) is 4.98 Å². The van der Waals surface area contributed by atoms with Gasteiger partial charge in [0.15, 0.2) is 0 Å². The summed E-state index contributed by atoms with van der Waals surface area (Å²) in [7, 11) is 1.86. The molecule has 0 aliphatic carbocycles. The Bertz CT molecular complexity index is 803. The molecule has 30 heavy (non-hydrogen) atoms. The van der Waals surface area contributed by atoms with E-state index in [0.29, 0.717) is 24.6 Å². The van der Waals surface area contributed by atoms with Gasteiger partial charge in [0, 0.05) is 57.6 Å². The second kappa shape index (κ2) is 11.7. The highest BCUT2D eigenvalue weighted by Gasteiger charge is 2.24. The van der Waals surface area contributed by atoms with E-state index in [1.165, 1.54) is 11.8 Å². The highest BCUT2D eigenvalue weighted by molar-refractivity contribution is 7.99. The molecular weight excluding hydrogens is 396 g/mol. The van der Waals surface area contributed by atoms with Crippen molar-refractivity contribution in [2.45, 2.75) is 37.1 Å². The van der Waals surface area contributed by atoms with Crippen molar-refractivity contribution in [2.75, 3.05) is 32.4 Å². The molecule has 2 aromatic rings. The second-order valence-corrected chi connectivity index (χ2v) is 8.73. The molecule has 1 fully saturated rings. The van der Waals surface area contributed by atoms with E-state index in [1.54, 1.807) is 17.3 Å². The number of thioether (sulfide) groups is 1. The average Bonchev–Trinajstić information content (AvgIpc) is 2.81. The molecule has 7 heteroatoms. The third kappa shape index (κ3) is 7.13. The van der Waals surface area contributed by atoms with Crippen molar-refractivity contribution < 1.29 is 9.59 Å². The number of nitrogens with zero attached hydrogens (tertiary/aromatic N) is 4. The molecule has 1 unspecified atom stereocenters. The first-order chi connectivity index (χ1) is 14.6. The zero-order valence-electron chi connectivity index (χ0n) is 17.6. The Morgan fingerprint density at radius 2 is 1.97 bits per heavy atom. The first kappa shape index (κ1) is 22.3. The normalized spacial score (nSPS) is 16.3. The van der Waals surface area contributed by atoms with E-state index in [4.69, 9.17) is 0 Å². The molecule has 3 rings (SSSR count). The summed E-state index contributed by atoms with van der Waals surface area (Å²) >= 11 is 1.48. The van der Waals surface area contributed by atoms with Crippen LogP contribution in [-0.4, -0.2) is 64.0 Å². The molecule has 1 saturated heterocycles. The molecule has 0 bridgehead atoms. The number of rotatable bonds is 9. The van der Waals surface area contributed by atoms with Crippen LogP contribution in [0.25, 0.3) is 0 Å². The molecule has 3 heterocycles. The maximum Gasteiger partial charge on any atom is 0.232 e. The second-order valence-electron chi connectivity index (χ2n) is 7.73. The van der Waals surface area contributed by atoms with Crippen LogP contribution in [0, 0.1) is 5.92 Å². The van der Waals surface area contributed by atoms with E-state index in [-0.39, 0.29) is 11.8 Å². The molecule has 160 valence electrons. The number of likely N-dealkylation sites (N-methyl/N-ethyl adjacent to an activating group) is 1. The molecule has 2 aromatic heterocycles. The van der Waals surface area contributed by atoms with E-state index < -0.39 is 0 Å². The van der Waals surface area contributed by atoms with Gasteiger partial charge in [0.05, 0.1) is 10.8 Å². The van der Waals surface area contributed by atoms with Crippen molar-refractivity contribution in [3.63, 3.8) is 0 Å². The van der Waals surface area contributed by atoms with Crippen molar-refractivity contribution in [1.82, 2.24) is 19.8 Å². The summed E-state index contributed by atoms with van der Waals surface area (Å²) in [6.45, 7) is 2.25. The van der Waals surface area contributed by atoms with Crippen molar-refractivity contribution >= 4 is 23.6 Å². The van der Waals surface area contributed by atoms with Gasteiger partial charge in [-0.05, 0) is 49.4 Å². The Hall–Kier alpha value is -2.41. The maximum atomic E-state index is 12.6. The van der Waals surface area contributed by atoms with Crippen LogP contribution in [0.5, 0.6) is 0 Å². The standard InChI is InChI=1S/C23H30N4O2S/c1-26(16-12-20-8-2-4-13-24-20)22(28)11-10-19-7-6-15-27(17-19)23(29)18-30-21-9-3-5-14-25-21/h2-5,8-9,13-14,19H,6-7,10-12,15-18H2,1H3. The molecule has 1 aliphatic heterocycles. The fourth-order valence-corrected chi connectivity index (χ4v) is 4.42. The Balaban J connectivity index is 1.37. The van der Waals surface area contributed by atoms with E-state index in [1.807, 2.05) is 48.3 Å².